The van der Waals surface area contributed by atoms with Crippen molar-refractivity contribution in [1.29, 1.82) is 0 Å². The van der Waals surface area contributed by atoms with Gasteiger partial charge in [0, 0.05) is 11.0 Å². The van der Waals surface area contributed by atoms with Gasteiger partial charge in [0.2, 0.25) is 5.95 Å². The smallest absolute Gasteiger partial charge is 0.226 e. The van der Waals surface area contributed by atoms with Crippen molar-refractivity contribution in [3.8, 4) is 0 Å². The standard InChI is InChI=1S/C13H12BrFN6/c1-2-16-13-19-11(8-6-17-21-12(8)20-13)18-10-4-3-7(14)5-9(10)15/h3-6H,2H2,1H3,(H3,16,17,18,19,20,21). The van der Waals surface area contributed by atoms with E-state index in [1.807, 2.05) is 6.92 Å². The number of H-pyrrole nitrogens is 1. The maximum Gasteiger partial charge on any atom is 0.226 e. The van der Waals surface area contributed by atoms with Crippen molar-refractivity contribution >= 4 is 44.4 Å². The Hall–Kier alpha value is -2.22. The summed E-state index contributed by atoms with van der Waals surface area (Å²) >= 11 is 3.23. The number of anilines is 3. The molecule has 8 heteroatoms. The second-order valence-corrected chi connectivity index (χ2v) is 5.22. The molecule has 0 aliphatic heterocycles. The molecular formula is C13H12BrFN6. The quantitative estimate of drug-likeness (QED) is 0.671. The summed E-state index contributed by atoms with van der Waals surface area (Å²) in [6.45, 7) is 2.63. The normalized spacial score (nSPS) is 10.8. The molecule has 108 valence electrons. The van der Waals surface area contributed by atoms with Crippen LogP contribution in [0.4, 0.5) is 21.8 Å². The fourth-order valence-electron chi connectivity index (χ4n) is 1.89. The number of nitrogens with one attached hydrogen (secondary N) is 3. The van der Waals surface area contributed by atoms with Gasteiger partial charge in [-0.05, 0) is 25.1 Å². The third-order valence-electron chi connectivity index (χ3n) is 2.83. The molecule has 3 rings (SSSR count). The van der Waals surface area contributed by atoms with Crippen LogP contribution in [0.2, 0.25) is 0 Å². The Morgan fingerprint density at radius 2 is 2.19 bits per heavy atom. The van der Waals surface area contributed by atoms with E-state index in [9.17, 15) is 4.39 Å². The topological polar surface area (TPSA) is 78.5 Å². The van der Waals surface area contributed by atoms with Gasteiger partial charge in [-0.3, -0.25) is 5.10 Å². The Labute approximate surface area is 128 Å². The molecule has 0 radical (unpaired) electrons. The van der Waals surface area contributed by atoms with Crippen LogP contribution in [-0.2, 0) is 0 Å². The fraction of sp³-hybridized carbons (Fsp3) is 0.154. The minimum Gasteiger partial charge on any atom is -0.354 e. The summed E-state index contributed by atoms with van der Waals surface area (Å²) in [6, 6.07) is 4.78. The van der Waals surface area contributed by atoms with Crippen molar-refractivity contribution in [3.63, 3.8) is 0 Å². The molecule has 1 aromatic carbocycles. The monoisotopic (exact) mass is 350 g/mol. The molecule has 0 aliphatic carbocycles. The number of nitrogens with zero attached hydrogens (tertiary/aromatic N) is 3. The van der Waals surface area contributed by atoms with Crippen LogP contribution < -0.4 is 10.6 Å². The van der Waals surface area contributed by atoms with Crippen LogP contribution in [-0.4, -0.2) is 26.7 Å². The molecule has 3 N–H and O–H groups in total. The molecule has 21 heavy (non-hydrogen) atoms. The molecule has 0 saturated heterocycles. The van der Waals surface area contributed by atoms with Crippen LogP contribution >= 0.6 is 15.9 Å². The first-order valence-corrected chi connectivity index (χ1v) is 7.13. The van der Waals surface area contributed by atoms with Crippen LogP contribution in [0.3, 0.4) is 0 Å². The predicted molar refractivity (Wildman–Crippen MR) is 83.2 cm³/mol. The maximum atomic E-state index is 13.9. The van der Waals surface area contributed by atoms with E-state index in [1.54, 1.807) is 18.3 Å². The van der Waals surface area contributed by atoms with Gasteiger partial charge in [0.25, 0.3) is 0 Å². The summed E-state index contributed by atoms with van der Waals surface area (Å²) in [5.41, 5.74) is 0.919. The molecule has 2 heterocycles. The first-order chi connectivity index (χ1) is 10.2. The Kier molecular flexibility index (Phi) is 3.70. The fourth-order valence-corrected chi connectivity index (χ4v) is 2.22. The van der Waals surface area contributed by atoms with Crippen LogP contribution in [0.5, 0.6) is 0 Å². The van der Waals surface area contributed by atoms with Crippen LogP contribution in [0, 0.1) is 5.82 Å². The zero-order valence-corrected chi connectivity index (χ0v) is 12.7. The van der Waals surface area contributed by atoms with E-state index in [0.29, 0.717) is 39.5 Å². The maximum absolute atomic E-state index is 13.9. The minimum atomic E-state index is -0.371. The molecule has 0 aliphatic rings. The minimum absolute atomic E-state index is 0.335. The van der Waals surface area contributed by atoms with Gasteiger partial charge >= 0.3 is 0 Å². The van der Waals surface area contributed by atoms with Gasteiger partial charge in [0.1, 0.15) is 11.6 Å². The lowest BCUT2D eigenvalue weighted by Gasteiger charge is -2.10. The molecule has 0 amide bonds. The van der Waals surface area contributed by atoms with Crippen molar-refractivity contribution in [2.24, 2.45) is 0 Å². The van der Waals surface area contributed by atoms with E-state index in [4.69, 9.17) is 0 Å². The number of halogens is 2. The number of fused-ring (bicyclic) bond motifs is 1. The van der Waals surface area contributed by atoms with Crippen molar-refractivity contribution in [1.82, 2.24) is 20.2 Å². The summed E-state index contributed by atoms with van der Waals surface area (Å²) < 4.78 is 14.6. The van der Waals surface area contributed by atoms with Gasteiger partial charge < -0.3 is 10.6 Å². The first-order valence-electron chi connectivity index (χ1n) is 6.34. The van der Waals surface area contributed by atoms with E-state index in [1.165, 1.54) is 6.07 Å². The van der Waals surface area contributed by atoms with Crippen LogP contribution in [0.15, 0.2) is 28.9 Å². The van der Waals surface area contributed by atoms with Crippen molar-refractivity contribution < 1.29 is 4.39 Å². The average molecular weight is 351 g/mol. The molecule has 0 atom stereocenters. The highest BCUT2D eigenvalue weighted by Crippen LogP contribution is 2.26. The molecule has 0 unspecified atom stereocenters. The second kappa shape index (κ2) is 5.65. The Morgan fingerprint density at radius 3 is 2.95 bits per heavy atom. The number of benzene rings is 1. The summed E-state index contributed by atoms with van der Waals surface area (Å²) in [5, 5.41) is 13.4. The second-order valence-electron chi connectivity index (χ2n) is 4.31. The number of aromatic amines is 1. The van der Waals surface area contributed by atoms with Crippen molar-refractivity contribution in [3.05, 3.63) is 34.7 Å². The Morgan fingerprint density at radius 1 is 1.33 bits per heavy atom. The summed E-state index contributed by atoms with van der Waals surface area (Å²) in [6.07, 6.45) is 1.60. The van der Waals surface area contributed by atoms with E-state index < -0.39 is 0 Å². The number of hydrogen-bond donors (Lipinski definition) is 3. The van der Waals surface area contributed by atoms with Gasteiger partial charge in [-0.2, -0.15) is 15.1 Å². The molecule has 2 aromatic heterocycles. The van der Waals surface area contributed by atoms with Crippen LogP contribution in [0.1, 0.15) is 6.92 Å². The molecule has 0 saturated carbocycles. The molecule has 3 aromatic rings. The molecule has 0 fully saturated rings. The van der Waals surface area contributed by atoms with E-state index in [0.717, 1.165) is 0 Å². The summed E-state index contributed by atoms with van der Waals surface area (Å²) in [5.74, 6) is 0.574. The van der Waals surface area contributed by atoms with Crippen molar-refractivity contribution in [2.45, 2.75) is 6.92 Å². The lowest BCUT2D eigenvalue weighted by Crippen LogP contribution is -2.05. The lowest BCUT2D eigenvalue weighted by atomic mass is 10.3. The van der Waals surface area contributed by atoms with Gasteiger partial charge in [0.05, 0.1) is 17.3 Å². The van der Waals surface area contributed by atoms with Gasteiger partial charge in [-0.1, -0.05) is 15.9 Å². The third kappa shape index (κ3) is 2.80. The summed E-state index contributed by atoms with van der Waals surface area (Å²) in [4.78, 5) is 8.63. The van der Waals surface area contributed by atoms with Gasteiger partial charge in [0.15, 0.2) is 5.65 Å². The van der Waals surface area contributed by atoms with Gasteiger partial charge in [-0.15, -0.1) is 0 Å². The lowest BCUT2D eigenvalue weighted by molar-refractivity contribution is 0.631. The highest BCUT2D eigenvalue weighted by atomic mass is 79.9. The zero-order chi connectivity index (χ0) is 14.8. The Bertz CT molecular complexity index is 787. The molecule has 0 bridgehead atoms. The van der Waals surface area contributed by atoms with E-state index in [2.05, 4.69) is 46.7 Å². The van der Waals surface area contributed by atoms with E-state index in [-0.39, 0.29) is 5.82 Å². The first kappa shape index (κ1) is 13.7. The number of rotatable bonds is 4. The zero-order valence-electron chi connectivity index (χ0n) is 11.1. The van der Waals surface area contributed by atoms with Crippen molar-refractivity contribution in [2.75, 3.05) is 17.2 Å². The highest BCUT2D eigenvalue weighted by molar-refractivity contribution is 9.10. The molecule has 6 nitrogen and oxygen atoms in total. The highest BCUT2D eigenvalue weighted by Gasteiger charge is 2.11. The summed E-state index contributed by atoms with van der Waals surface area (Å²) in [7, 11) is 0. The molecule has 0 spiro atoms. The number of aromatic nitrogens is 4. The average Bonchev–Trinajstić information content (AvgIpc) is 2.91. The molecular weight excluding hydrogens is 339 g/mol. The van der Waals surface area contributed by atoms with Crippen LogP contribution in [0.25, 0.3) is 11.0 Å². The van der Waals surface area contributed by atoms with Gasteiger partial charge in [-0.25, -0.2) is 4.39 Å². The Balaban J connectivity index is 2.04. The largest absolute Gasteiger partial charge is 0.354 e. The van der Waals surface area contributed by atoms with E-state index >= 15 is 0 Å². The SMILES string of the molecule is CCNc1nc(Nc2ccc(Br)cc2F)c2cn[nH]c2n1. The number of hydrogen-bond acceptors (Lipinski definition) is 5. The predicted octanol–water partition coefficient (Wildman–Crippen LogP) is 3.43. The third-order valence-corrected chi connectivity index (χ3v) is 3.32.